The van der Waals surface area contributed by atoms with Crippen molar-refractivity contribution in [1.82, 2.24) is 34.5 Å². The Balaban J connectivity index is 0.00000547. The number of pyridine rings is 3. The fourth-order valence-corrected chi connectivity index (χ4v) is 8.96. The number of aromatic nitrogens is 7. The molecule has 0 spiro atoms. The summed E-state index contributed by atoms with van der Waals surface area (Å²) in [5.74, 6) is 0. The quantitative estimate of drug-likeness (QED) is 0.121. The minimum absolute atomic E-state index is 0. The predicted octanol–water partition coefficient (Wildman–Crippen LogP) is 14.6. The van der Waals surface area contributed by atoms with Crippen molar-refractivity contribution in [3.05, 3.63) is 262 Å². The van der Waals surface area contributed by atoms with Gasteiger partial charge in [0.1, 0.15) is 0 Å². The summed E-state index contributed by atoms with van der Waals surface area (Å²) in [5.41, 5.74) is 19.6. The van der Waals surface area contributed by atoms with Crippen molar-refractivity contribution >= 4 is 0 Å². The van der Waals surface area contributed by atoms with Crippen LogP contribution in [0.5, 0.6) is 0 Å². The van der Waals surface area contributed by atoms with Crippen molar-refractivity contribution in [2.24, 2.45) is 0 Å². The Morgan fingerprint density at radius 1 is 0.310 bits per heavy atom. The Morgan fingerprint density at radius 3 is 1.31 bits per heavy atom. The predicted molar refractivity (Wildman–Crippen MR) is 280 cm³/mol. The van der Waals surface area contributed by atoms with E-state index in [1.165, 1.54) is 11.1 Å². The van der Waals surface area contributed by atoms with E-state index in [1.807, 2.05) is 137 Å². The van der Waals surface area contributed by atoms with Gasteiger partial charge < -0.3 is 15.0 Å². The van der Waals surface area contributed by atoms with Gasteiger partial charge in [-0.3, -0.25) is 0 Å². The van der Waals surface area contributed by atoms with Crippen molar-refractivity contribution in [2.75, 3.05) is 0 Å². The molecule has 0 bridgehead atoms. The molecule has 5 aromatic heterocycles. The van der Waals surface area contributed by atoms with E-state index in [0.29, 0.717) is 0 Å². The summed E-state index contributed by atoms with van der Waals surface area (Å²) in [6.45, 7) is 0. The average molecular weight is 1090 g/mol. The molecule has 336 valence electrons. The molecule has 0 atom stereocenters. The van der Waals surface area contributed by atoms with Crippen LogP contribution in [-0.2, 0) is 20.1 Å². The summed E-state index contributed by atoms with van der Waals surface area (Å²) >= 11 is 0. The minimum atomic E-state index is 0. The van der Waals surface area contributed by atoms with E-state index in [1.54, 1.807) is 0 Å². The Kier molecular flexibility index (Phi) is 12.5. The largest absolute Gasteiger partial charge is 3.00 e. The summed E-state index contributed by atoms with van der Waals surface area (Å²) in [6.07, 6.45) is 9.35. The zero-order chi connectivity index (χ0) is 46.6. The molecule has 12 rings (SSSR count). The van der Waals surface area contributed by atoms with Crippen LogP contribution in [-0.4, -0.2) is 34.5 Å². The average Bonchev–Trinajstić information content (AvgIpc) is 4.16. The Hall–Kier alpha value is -8.94. The number of hydrogen-bond donors (Lipinski definition) is 0. The molecule has 12 aromatic rings. The van der Waals surface area contributed by atoms with Gasteiger partial charge in [0.25, 0.3) is 0 Å². The van der Waals surface area contributed by atoms with Crippen LogP contribution in [0.25, 0.3) is 112 Å². The fraction of sp³-hybridized carbons (Fsp3) is 0. The second-order valence-corrected chi connectivity index (χ2v) is 16.8. The Morgan fingerprint density at radius 2 is 0.775 bits per heavy atom. The molecule has 8 heteroatoms. The third-order valence-electron chi connectivity index (χ3n) is 12.5. The van der Waals surface area contributed by atoms with Crippen LogP contribution < -0.4 is 0 Å². The van der Waals surface area contributed by atoms with Gasteiger partial charge in [-0.1, -0.05) is 103 Å². The summed E-state index contributed by atoms with van der Waals surface area (Å²) in [7, 11) is 0. The molecule has 0 radical (unpaired) electrons. The van der Waals surface area contributed by atoms with Gasteiger partial charge in [-0.2, -0.15) is 10.2 Å². The molecule has 0 aliphatic heterocycles. The van der Waals surface area contributed by atoms with Gasteiger partial charge in [0.05, 0.1) is 35.2 Å². The normalized spacial score (nSPS) is 11.0. The minimum Gasteiger partial charge on any atom is -0.304 e. The van der Waals surface area contributed by atoms with Gasteiger partial charge in [0, 0.05) is 29.7 Å². The molecule has 7 nitrogen and oxygen atoms in total. The van der Waals surface area contributed by atoms with Gasteiger partial charge in [-0.05, 0) is 98.5 Å². The first-order valence-electron chi connectivity index (χ1n) is 23.0. The van der Waals surface area contributed by atoms with E-state index in [4.69, 9.17) is 25.1 Å². The monoisotopic (exact) mass is 1090 g/mol. The molecule has 0 aliphatic rings. The summed E-state index contributed by atoms with van der Waals surface area (Å²) in [5, 5.41) is 9.65. The number of hydrogen-bond acceptors (Lipinski definition) is 5. The first-order chi connectivity index (χ1) is 34.7. The van der Waals surface area contributed by atoms with Gasteiger partial charge in [-0.15, -0.1) is 107 Å². The topological polar surface area (TPSA) is 74.3 Å². The molecular weight excluding hydrogens is 1050 g/mol. The molecule has 0 fully saturated rings. The zero-order valence-corrected chi connectivity index (χ0v) is 40.5. The van der Waals surface area contributed by atoms with Crippen LogP contribution in [0.3, 0.4) is 0 Å². The smallest absolute Gasteiger partial charge is 0.304 e. The van der Waals surface area contributed by atoms with Gasteiger partial charge in [-0.25, -0.2) is 9.36 Å². The standard InChI is InChI=1S/C63H40N7.Ir/c1-4-13-44(14-5-1)45-23-25-46(26-24-45)49-19-12-20-50(37-49)61-30-27-51(41-64-61)57-21-10-11-22-58(57)52-38-53(62-33-35-67-69(62)55-28-31-59(65-42-55)47-15-6-2-7-16-47)40-54(39-52)63-34-36-68-70(63)56-29-32-60(66-43-56)48-17-8-3-9-18-48;/h1-15,17,19,21-43H;/q-3;+3. The Bertz CT molecular complexity index is 3580. The molecule has 0 N–H and O–H groups in total. The summed E-state index contributed by atoms with van der Waals surface area (Å²) in [4.78, 5) is 14.7. The van der Waals surface area contributed by atoms with Gasteiger partial charge in [0.15, 0.2) is 0 Å². The van der Waals surface area contributed by atoms with Gasteiger partial charge in [0.2, 0.25) is 0 Å². The molecule has 0 amide bonds. The van der Waals surface area contributed by atoms with Crippen LogP contribution in [0.4, 0.5) is 0 Å². The Labute approximate surface area is 425 Å². The molecule has 0 unspecified atom stereocenters. The molecule has 5 heterocycles. The van der Waals surface area contributed by atoms with E-state index in [0.717, 1.165) is 101 Å². The second kappa shape index (κ2) is 20.0. The van der Waals surface area contributed by atoms with Crippen molar-refractivity contribution in [1.29, 1.82) is 0 Å². The van der Waals surface area contributed by atoms with Crippen LogP contribution >= 0.6 is 0 Å². The third kappa shape index (κ3) is 9.21. The van der Waals surface area contributed by atoms with E-state index >= 15 is 0 Å². The van der Waals surface area contributed by atoms with E-state index in [9.17, 15) is 0 Å². The number of benzene rings is 7. The molecule has 0 saturated heterocycles. The van der Waals surface area contributed by atoms with Crippen LogP contribution in [0.1, 0.15) is 0 Å². The van der Waals surface area contributed by atoms with Crippen LogP contribution in [0, 0.1) is 18.2 Å². The molecule has 7 aromatic carbocycles. The maximum atomic E-state index is 5.04. The van der Waals surface area contributed by atoms with Crippen LogP contribution in [0.2, 0.25) is 0 Å². The van der Waals surface area contributed by atoms with Crippen molar-refractivity contribution in [2.45, 2.75) is 0 Å². The molecule has 0 aliphatic carbocycles. The van der Waals surface area contributed by atoms with E-state index in [-0.39, 0.29) is 20.1 Å². The summed E-state index contributed by atoms with van der Waals surface area (Å²) in [6, 6.07) is 82.7. The summed E-state index contributed by atoms with van der Waals surface area (Å²) < 4.78 is 3.88. The SMILES string of the molecule is [Ir+3].[c-]1ccccc1-c1ccc(-n2nccc2-c2cc(-c3ccccc3-c3ccc(-c4[c-]ccc(-c5ccc(-c6ccccc6)cc5)c4)nc3)cc(-c3ccnn3-c3ccc(-c4[c-]cccc4)nc3)c2)cn1. The van der Waals surface area contributed by atoms with Gasteiger partial charge >= 0.3 is 20.1 Å². The maximum absolute atomic E-state index is 5.04. The molecule has 0 saturated carbocycles. The second-order valence-electron chi connectivity index (χ2n) is 16.8. The zero-order valence-electron chi connectivity index (χ0n) is 38.1. The first-order valence-corrected chi connectivity index (χ1v) is 23.0. The molecule has 71 heavy (non-hydrogen) atoms. The van der Waals surface area contributed by atoms with Crippen molar-refractivity contribution < 1.29 is 20.1 Å². The van der Waals surface area contributed by atoms with Crippen LogP contribution in [0.15, 0.2) is 243 Å². The van der Waals surface area contributed by atoms with E-state index in [2.05, 4.69) is 133 Å². The van der Waals surface area contributed by atoms with Crippen molar-refractivity contribution in [3.63, 3.8) is 0 Å². The molecular formula is C63H40IrN7. The fourth-order valence-electron chi connectivity index (χ4n) is 8.96. The number of rotatable bonds is 11. The third-order valence-corrected chi connectivity index (χ3v) is 12.5. The maximum Gasteiger partial charge on any atom is 3.00 e. The number of nitrogens with zero attached hydrogens (tertiary/aromatic N) is 7. The van der Waals surface area contributed by atoms with Crippen molar-refractivity contribution in [3.8, 4) is 112 Å². The first kappa shape index (κ1) is 44.6. The van der Waals surface area contributed by atoms with E-state index < -0.39 is 0 Å².